The van der Waals surface area contributed by atoms with Crippen molar-refractivity contribution in [3.8, 4) is 0 Å². The Morgan fingerprint density at radius 2 is 1.84 bits per heavy atom. The molecular weight excluding hydrogens is 396 g/mol. The number of allylic oxidation sites excluding steroid dienone is 3. The lowest BCUT2D eigenvalue weighted by Crippen LogP contribution is -2.77. The Bertz CT molecular complexity index is 894. The Morgan fingerprint density at radius 1 is 1.10 bits per heavy atom. The molecule has 0 radical (unpaired) electrons. The molecule has 4 aliphatic carbocycles. The molecule has 6 nitrogen and oxygen atoms in total. The van der Waals surface area contributed by atoms with E-state index < -0.39 is 35.6 Å². The van der Waals surface area contributed by atoms with E-state index >= 15 is 0 Å². The molecule has 0 spiro atoms. The molecule has 0 aromatic rings. The monoisotopic (exact) mass is 432 g/mol. The molecule has 2 saturated heterocycles. The van der Waals surface area contributed by atoms with E-state index in [1.54, 1.807) is 11.1 Å². The summed E-state index contributed by atoms with van der Waals surface area (Å²) in [5, 5.41) is 45.1. The van der Waals surface area contributed by atoms with E-state index in [0.717, 1.165) is 25.7 Å². The Hall–Kier alpha value is -0.760. The van der Waals surface area contributed by atoms with E-state index in [9.17, 15) is 20.4 Å². The molecule has 2 saturated carbocycles. The highest BCUT2D eigenvalue weighted by atomic mass is 16.7. The zero-order valence-electron chi connectivity index (χ0n) is 19.0. The highest BCUT2D eigenvalue weighted by molar-refractivity contribution is 5.42. The van der Waals surface area contributed by atoms with E-state index in [1.165, 1.54) is 6.42 Å². The van der Waals surface area contributed by atoms with Gasteiger partial charge in [-0.1, -0.05) is 44.9 Å². The number of ether oxygens (including phenoxy) is 2. The van der Waals surface area contributed by atoms with Crippen LogP contribution in [0.3, 0.4) is 0 Å². The topological polar surface area (TPSA) is 99.4 Å². The average Bonchev–Trinajstić information content (AvgIpc) is 3.20. The van der Waals surface area contributed by atoms with Crippen molar-refractivity contribution in [1.29, 1.82) is 0 Å². The van der Waals surface area contributed by atoms with Gasteiger partial charge in [0.1, 0.15) is 17.8 Å². The van der Waals surface area contributed by atoms with Gasteiger partial charge in [-0.25, -0.2) is 0 Å². The number of hydrogen-bond donors (Lipinski definition) is 4. The van der Waals surface area contributed by atoms with Gasteiger partial charge in [-0.2, -0.15) is 0 Å². The average molecular weight is 433 g/mol. The Balaban J connectivity index is 1.55. The number of rotatable bonds is 1. The number of hydrogen-bond acceptors (Lipinski definition) is 6. The van der Waals surface area contributed by atoms with Crippen molar-refractivity contribution in [2.75, 3.05) is 6.61 Å². The van der Waals surface area contributed by atoms with Gasteiger partial charge < -0.3 is 29.9 Å². The molecule has 31 heavy (non-hydrogen) atoms. The van der Waals surface area contributed by atoms with E-state index in [4.69, 9.17) is 9.47 Å². The molecule has 0 amide bonds. The van der Waals surface area contributed by atoms with Crippen LogP contribution < -0.4 is 0 Å². The van der Waals surface area contributed by atoms with Gasteiger partial charge in [0.15, 0.2) is 11.9 Å². The van der Waals surface area contributed by atoms with Crippen LogP contribution in [0, 0.1) is 28.6 Å². The summed E-state index contributed by atoms with van der Waals surface area (Å²) in [7, 11) is 0. The Labute approximate surface area is 183 Å². The molecule has 0 aromatic carbocycles. The Morgan fingerprint density at radius 3 is 2.55 bits per heavy atom. The lowest BCUT2D eigenvalue weighted by molar-refractivity contribution is -0.341. The summed E-state index contributed by atoms with van der Waals surface area (Å²) in [6.07, 6.45) is 2.97. The second-order valence-electron chi connectivity index (χ2n) is 12.0. The van der Waals surface area contributed by atoms with Crippen molar-refractivity contribution in [3.05, 3.63) is 22.8 Å². The fraction of sp³-hybridized carbons (Fsp3) is 0.840. The van der Waals surface area contributed by atoms with Gasteiger partial charge in [0, 0.05) is 11.3 Å². The Kier molecular flexibility index (Phi) is 4.04. The summed E-state index contributed by atoms with van der Waals surface area (Å²) < 4.78 is 12.2. The molecule has 4 N–H and O–H groups in total. The second kappa shape index (κ2) is 6.02. The van der Waals surface area contributed by atoms with Crippen molar-refractivity contribution in [2.45, 2.75) is 95.6 Å². The second-order valence-corrected chi connectivity index (χ2v) is 12.0. The van der Waals surface area contributed by atoms with Crippen LogP contribution in [0.5, 0.6) is 0 Å². The minimum atomic E-state index is -1.92. The van der Waals surface area contributed by atoms with Crippen LogP contribution in [0.25, 0.3) is 0 Å². The minimum Gasteiger partial charge on any atom is -0.387 e. The summed E-state index contributed by atoms with van der Waals surface area (Å²) >= 11 is 0. The summed E-state index contributed by atoms with van der Waals surface area (Å²) in [4.78, 5) is 0. The van der Waals surface area contributed by atoms with Crippen LogP contribution in [-0.2, 0) is 9.47 Å². The number of fused-ring (bicyclic) bond motifs is 5. The molecular formula is C25H36O6. The molecule has 172 valence electrons. The van der Waals surface area contributed by atoms with Crippen LogP contribution in [0.1, 0.15) is 59.8 Å². The van der Waals surface area contributed by atoms with Crippen molar-refractivity contribution in [2.24, 2.45) is 28.6 Å². The van der Waals surface area contributed by atoms with Crippen molar-refractivity contribution >= 4 is 0 Å². The molecule has 6 heteroatoms. The molecule has 6 rings (SSSR count). The van der Waals surface area contributed by atoms with Crippen LogP contribution >= 0.6 is 0 Å². The highest BCUT2D eigenvalue weighted by Gasteiger charge is 2.77. The standard InChI is InChI=1S/C25H36O6/c1-12(2)13-7-8-22(3)9-10-23(4)15(16(13)22)6-5-14-17-19(23)31-21-25(17,29)20(27)24(28,11-30-21)18(14)26/h5,12,15,17-21,26-29H,6-11H2,1-4H3/t15-,17-,18?,19+,20?,21?,22-,23-,24?,25?/m0/s1. The van der Waals surface area contributed by atoms with E-state index in [-0.39, 0.29) is 29.5 Å². The molecule has 2 bridgehead atoms. The van der Waals surface area contributed by atoms with E-state index in [2.05, 4.69) is 27.7 Å². The van der Waals surface area contributed by atoms with Gasteiger partial charge in [-0.3, -0.25) is 0 Å². The lowest BCUT2D eigenvalue weighted by Gasteiger charge is -2.56. The minimum absolute atomic E-state index is 0.193. The van der Waals surface area contributed by atoms with E-state index in [1.807, 2.05) is 6.08 Å². The van der Waals surface area contributed by atoms with Crippen molar-refractivity contribution in [1.82, 2.24) is 0 Å². The van der Waals surface area contributed by atoms with Gasteiger partial charge in [0.25, 0.3) is 0 Å². The quantitative estimate of drug-likeness (QED) is 0.474. The molecule has 4 fully saturated rings. The zero-order chi connectivity index (χ0) is 22.1. The largest absolute Gasteiger partial charge is 0.387 e. The normalized spacial score (nSPS) is 57.5. The molecule has 10 atom stereocenters. The van der Waals surface area contributed by atoms with Gasteiger partial charge >= 0.3 is 0 Å². The predicted molar refractivity (Wildman–Crippen MR) is 113 cm³/mol. The SMILES string of the molecule is CC(C)C1=C2[C@@H]3CC=C4C(O)C5(O)COC6O[C@H]([C@H]4C6(O)C5O)[C@@]3(C)CC[C@]2(C)CC1. The lowest BCUT2D eigenvalue weighted by atomic mass is 9.51. The van der Waals surface area contributed by atoms with Gasteiger partial charge in [0.2, 0.25) is 0 Å². The molecule has 5 unspecified atom stereocenters. The maximum absolute atomic E-state index is 11.7. The third kappa shape index (κ3) is 2.20. The van der Waals surface area contributed by atoms with Gasteiger partial charge in [-0.05, 0) is 54.9 Å². The summed E-state index contributed by atoms with van der Waals surface area (Å²) in [5.74, 6) is 0.146. The summed E-state index contributed by atoms with van der Waals surface area (Å²) in [5.41, 5.74) is -0.00377. The van der Waals surface area contributed by atoms with Crippen LogP contribution in [0.2, 0.25) is 0 Å². The summed E-state index contributed by atoms with van der Waals surface area (Å²) in [6, 6.07) is 0. The first-order valence-corrected chi connectivity index (χ1v) is 12.0. The third-order valence-corrected chi connectivity index (χ3v) is 10.2. The van der Waals surface area contributed by atoms with Crippen LogP contribution in [0.4, 0.5) is 0 Å². The molecule has 2 heterocycles. The van der Waals surface area contributed by atoms with Gasteiger partial charge in [0.05, 0.1) is 12.7 Å². The van der Waals surface area contributed by atoms with Crippen molar-refractivity contribution < 1.29 is 29.9 Å². The molecule has 0 aromatic heterocycles. The molecule has 2 aliphatic heterocycles. The van der Waals surface area contributed by atoms with Crippen LogP contribution in [-0.4, -0.2) is 62.8 Å². The maximum Gasteiger partial charge on any atom is 0.190 e. The van der Waals surface area contributed by atoms with E-state index in [0.29, 0.717) is 11.5 Å². The summed E-state index contributed by atoms with van der Waals surface area (Å²) in [6.45, 7) is 8.97. The highest BCUT2D eigenvalue weighted by Crippen LogP contribution is 2.68. The van der Waals surface area contributed by atoms with Crippen molar-refractivity contribution in [3.63, 3.8) is 0 Å². The third-order valence-electron chi connectivity index (χ3n) is 10.2. The first kappa shape index (κ1) is 20.8. The number of aliphatic hydroxyl groups is 4. The predicted octanol–water partition coefficient (Wildman–Crippen LogP) is 2.05. The number of aliphatic hydroxyl groups excluding tert-OH is 2. The molecule has 6 aliphatic rings. The zero-order valence-corrected chi connectivity index (χ0v) is 19.0. The first-order valence-electron chi connectivity index (χ1n) is 12.0. The van der Waals surface area contributed by atoms with Gasteiger partial charge in [-0.15, -0.1) is 0 Å². The first-order chi connectivity index (χ1) is 14.5. The van der Waals surface area contributed by atoms with Crippen LogP contribution in [0.15, 0.2) is 22.8 Å². The smallest absolute Gasteiger partial charge is 0.190 e. The maximum atomic E-state index is 11.7. The fourth-order valence-electron chi connectivity index (χ4n) is 8.38. The fourth-order valence-corrected chi connectivity index (χ4v) is 8.38.